The highest BCUT2D eigenvalue weighted by molar-refractivity contribution is 14.0. The minimum Gasteiger partial charge on any atom is -0.356 e. The van der Waals surface area contributed by atoms with Crippen LogP contribution < -0.4 is 16.0 Å². The second-order valence-corrected chi connectivity index (χ2v) is 6.19. The van der Waals surface area contributed by atoms with Gasteiger partial charge in [-0.15, -0.1) is 24.0 Å². The highest BCUT2D eigenvalue weighted by Crippen LogP contribution is 2.13. The maximum absolute atomic E-state index is 11.7. The van der Waals surface area contributed by atoms with Gasteiger partial charge in [0, 0.05) is 38.8 Å². The van der Waals surface area contributed by atoms with Gasteiger partial charge in [0.15, 0.2) is 5.96 Å². The van der Waals surface area contributed by atoms with Crippen LogP contribution in [0.25, 0.3) is 0 Å². The molecule has 1 unspecified atom stereocenters. The van der Waals surface area contributed by atoms with Crippen LogP contribution in [0, 0.1) is 0 Å². The normalized spacial score (nSPS) is 17.7. The number of likely N-dealkylation sites (N-methyl/N-ethyl adjacent to an activating group) is 1. The van der Waals surface area contributed by atoms with Crippen molar-refractivity contribution in [3.8, 4) is 0 Å². The average molecular weight is 459 g/mol. The van der Waals surface area contributed by atoms with Gasteiger partial charge in [-0.2, -0.15) is 0 Å². The molecule has 1 aromatic carbocycles. The summed E-state index contributed by atoms with van der Waals surface area (Å²) < 4.78 is 0. The second-order valence-electron chi connectivity index (χ2n) is 6.19. The molecule has 1 heterocycles. The summed E-state index contributed by atoms with van der Waals surface area (Å²) in [5, 5.41) is 9.39. The maximum Gasteiger partial charge on any atom is 0.251 e. The van der Waals surface area contributed by atoms with Gasteiger partial charge in [-0.05, 0) is 50.6 Å². The molecule has 1 aromatic rings. The lowest BCUT2D eigenvalue weighted by Gasteiger charge is -2.21. The van der Waals surface area contributed by atoms with Gasteiger partial charge in [-0.1, -0.05) is 12.1 Å². The molecule has 1 aliphatic rings. The SMILES string of the molecule is CN=C(NCCc1cccc(C(=O)NC)c1)NCC1CCCN1C.I. The Hall–Kier alpha value is -1.35. The smallest absolute Gasteiger partial charge is 0.251 e. The summed E-state index contributed by atoms with van der Waals surface area (Å²) in [5.74, 6) is 0.778. The topological polar surface area (TPSA) is 68.8 Å². The summed E-state index contributed by atoms with van der Waals surface area (Å²) in [5.41, 5.74) is 1.83. The first-order valence-corrected chi connectivity index (χ1v) is 8.60. The van der Waals surface area contributed by atoms with Gasteiger partial charge < -0.3 is 20.9 Å². The van der Waals surface area contributed by atoms with Crippen LogP contribution in [0.5, 0.6) is 0 Å². The molecule has 2 rings (SSSR count). The molecule has 0 aliphatic carbocycles. The fourth-order valence-electron chi connectivity index (χ4n) is 3.01. The van der Waals surface area contributed by atoms with Crippen LogP contribution in [0.3, 0.4) is 0 Å². The van der Waals surface area contributed by atoms with E-state index < -0.39 is 0 Å². The number of halogens is 1. The third-order valence-electron chi connectivity index (χ3n) is 4.52. The molecular weight excluding hydrogens is 429 g/mol. The zero-order chi connectivity index (χ0) is 17.4. The minimum atomic E-state index is -0.0528. The molecule has 0 bridgehead atoms. The van der Waals surface area contributed by atoms with Crippen molar-refractivity contribution < 1.29 is 4.79 Å². The Bertz CT molecular complexity index is 578. The van der Waals surface area contributed by atoms with E-state index in [9.17, 15) is 4.79 Å². The van der Waals surface area contributed by atoms with E-state index in [-0.39, 0.29) is 29.9 Å². The molecule has 0 aromatic heterocycles. The quantitative estimate of drug-likeness (QED) is 0.343. The van der Waals surface area contributed by atoms with Crippen LogP contribution in [-0.2, 0) is 6.42 Å². The number of hydrogen-bond acceptors (Lipinski definition) is 3. The van der Waals surface area contributed by atoms with E-state index in [2.05, 4.69) is 32.9 Å². The van der Waals surface area contributed by atoms with Crippen LogP contribution in [0.15, 0.2) is 29.3 Å². The standard InChI is InChI=1S/C18H29N5O.HI/c1-19-17(24)15-7-4-6-14(12-15)9-10-21-18(20-2)22-13-16-8-5-11-23(16)3;/h4,6-7,12,16H,5,8-11,13H2,1-3H3,(H,19,24)(H2,20,21,22);1H. The van der Waals surface area contributed by atoms with Crippen molar-refractivity contribution in [3.63, 3.8) is 0 Å². The van der Waals surface area contributed by atoms with Gasteiger partial charge in [0.25, 0.3) is 5.91 Å². The van der Waals surface area contributed by atoms with E-state index in [1.54, 1.807) is 14.1 Å². The summed E-state index contributed by atoms with van der Waals surface area (Å²) >= 11 is 0. The molecule has 1 saturated heterocycles. The summed E-state index contributed by atoms with van der Waals surface area (Å²) in [6, 6.07) is 8.31. The largest absolute Gasteiger partial charge is 0.356 e. The van der Waals surface area contributed by atoms with Crippen molar-refractivity contribution in [2.75, 3.05) is 40.8 Å². The van der Waals surface area contributed by atoms with Crippen LogP contribution in [0.1, 0.15) is 28.8 Å². The van der Waals surface area contributed by atoms with Gasteiger partial charge in [0.2, 0.25) is 0 Å². The zero-order valence-electron chi connectivity index (χ0n) is 15.3. The van der Waals surface area contributed by atoms with Gasteiger partial charge in [-0.25, -0.2) is 0 Å². The third kappa shape index (κ3) is 6.81. The molecule has 7 heteroatoms. The molecular formula is C18H30IN5O. The fraction of sp³-hybridized carbons (Fsp3) is 0.556. The van der Waals surface area contributed by atoms with Crippen LogP contribution in [0.2, 0.25) is 0 Å². The van der Waals surface area contributed by atoms with Gasteiger partial charge in [-0.3, -0.25) is 9.79 Å². The Balaban J connectivity index is 0.00000312. The van der Waals surface area contributed by atoms with E-state index in [1.165, 1.54) is 19.4 Å². The monoisotopic (exact) mass is 459 g/mol. The number of rotatable bonds is 6. The van der Waals surface area contributed by atoms with E-state index >= 15 is 0 Å². The molecule has 1 amide bonds. The van der Waals surface area contributed by atoms with Crippen molar-refractivity contribution in [1.29, 1.82) is 0 Å². The lowest BCUT2D eigenvalue weighted by atomic mass is 10.1. The predicted octanol–water partition coefficient (Wildman–Crippen LogP) is 1.47. The highest BCUT2D eigenvalue weighted by atomic mass is 127. The Morgan fingerprint density at radius 1 is 1.36 bits per heavy atom. The van der Waals surface area contributed by atoms with Crippen molar-refractivity contribution >= 4 is 35.8 Å². The number of carbonyl (C=O) groups excluding carboxylic acids is 1. The minimum absolute atomic E-state index is 0. The van der Waals surface area contributed by atoms with Crippen LogP contribution in [-0.4, -0.2) is 63.6 Å². The molecule has 3 N–H and O–H groups in total. The van der Waals surface area contributed by atoms with Crippen molar-refractivity contribution in [1.82, 2.24) is 20.9 Å². The fourth-order valence-corrected chi connectivity index (χ4v) is 3.01. The van der Waals surface area contributed by atoms with E-state index in [0.717, 1.165) is 31.0 Å². The molecule has 1 fully saturated rings. The number of nitrogens with zero attached hydrogens (tertiary/aromatic N) is 2. The van der Waals surface area contributed by atoms with Crippen molar-refractivity contribution in [2.24, 2.45) is 4.99 Å². The molecule has 6 nitrogen and oxygen atoms in total. The molecule has 1 atom stereocenters. The molecule has 0 spiro atoms. The third-order valence-corrected chi connectivity index (χ3v) is 4.52. The lowest BCUT2D eigenvalue weighted by molar-refractivity contribution is 0.0963. The number of guanidine groups is 1. The van der Waals surface area contributed by atoms with E-state index in [1.807, 2.05) is 24.3 Å². The first-order chi connectivity index (χ1) is 11.6. The summed E-state index contributed by atoms with van der Waals surface area (Å²) in [7, 11) is 5.61. The molecule has 140 valence electrons. The van der Waals surface area contributed by atoms with E-state index in [4.69, 9.17) is 0 Å². The van der Waals surface area contributed by atoms with Crippen molar-refractivity contribution in [3.05, 3.63) is 35.4 Å². The zero-order valence-corrected chi connectivity index (χ0v) is 17.7. The van der Waals surface area contributed by atoms with Gasteiger partial charge >= 0.3 is 0 Å². The predicted molar refractivity (Wildman–Crippen MR) is 114 cm³/mol. The Morgan fingerprint density at radius 3 is 2.80 bits per heavy atom. The average Bonchev–Trinajstić information content (AvgIpc) is 3.02. The lowest BCUT2D eigenvalue weighted by Crippen LogP contribution is -2.44. The number of aliphatic imine (C=N–C) groups is 1. The summed E-state index contributed by atoms with van der Waals surface area (Å²) in [6.07, 6.45) is 3.36. The number of carbonyl (C=O) groups is 1. The molecule has 0 radical (unpaired) electrons. The molecule has 25 heavy (non-hydrogen) atoms. The summed E-state index contributed by atoms with van der Waals surface area (Å²) in [4.78, 5) is 18.3. The van der Waals surface area contributed by atoms with E-state index in [0.29, 0.717) is 11.6 Å². The Kier molecular flexibility index (Phi) is 9.81. The van der Waals surface area contributed by atoms with Crippen LogP contribution >= 0.6 is 24.0 Å². The number of nitrogens with one attached hydrogen (secondary N) is 3. The van der Waals surface area contributed by atoms with Crippen molar-refractivity contribution in [2.45, 2.75) is 25.3 Å². The van der Waals surface area contributed by atoms with Gasteiger partial charge in [0.05, 0.1) is 0 Å². The molecule has 0 saturated carbocycles. The summed E-state index contributed by atoms with van der Waals surface area (Å²) in [6.45, 7) is 2.87. The van der Waals surface area contributed by atoms with Crippen LogP contribution in [0.4, 0.5) is 0 Å². The number of amides is 1. The number of likely N-dealkylation sites (tertiary alicyclic amines) is 1. The number of hydrogen-bond donors (Lipinski definition) is 3. The first kappa shape index (κ1) is 21.7. The first-order valence-electron chi connectivity index (χ1n) is 8.60. The molecule has 1 aliphatic heterocycles. The van der Waals surface area contributed by atoms with Gasteiger partial charge in [0.1, 0.15) is 0 Å². The highest BCUT2D eigenvalue weighted by Gasteiger charge is 2.20. The Labute approximate surface area is 167 Å². The maximum atomic E-state index is 11.7. The second kappa shape index (κ2) is 11.3. The number of benzene rings is 1. The Morgan fingerprint density at radius 2 is 2.16 bits per heavy atom.